The predicted molar refractivity (Wildman–Crippen MR) is 93.3 cm³/mol. The smallest absolute Gasteiger partial charge is 0.256 e. The molecule has 0 unspecified atom stereocenters. The van der Waals surface area contributed by atoms with Gasteiger partial charge in [0.25, 0.3) is 5.91 Å². The Morgan fingerprint density at radius 1 is 1.38 bits per heavy atom. The van der Waals surface area contributed by atoms with Gasteiger partial charge in [-0.05, 0) is 73.8 Å². The zero-order valence-corrected chi connectivity index (χ0v) is 14.6. The Hall–Kier alpha value is -2.28. The third kappa shape index (κ3) is 2.49. The number of nitrogens with one attached hydrogen (secondary N) is 1. The molecule has 1 fully saturated rings. The third-order valence-electron chi connectivity index (χ3n) is 5.57. The fourth-order valence-electron chi connectivity index (χ4n) is 4.10. The Balaban J connectivity index is 2.14. The zero-order valence-electron chi connectivity index (χ0n) is 14.6. The van der Waals surface area contributed by atoms with E-state index in [0.717, 1.165) is 42.4 Å². The molecule has 0 atom stereocenters. The zero-order chi connectivity index (χ0) is 17.5. The molecule has 2 aliphatic rings. The van der Waals surface area contributed by atoms with E-state index in [1.165, 1.54) is 0 Å². The third-order valence-corrected chi connectivity index (χ3v) is 5.57. The Labute approximate surface area is 143 Å². The molecular weight excluding hydrogens is 300 g/mol. The molecule has 126 valence electrons. The average Bonchev–Trinajstić information content (AvgIpc) is 2.80. The second kappa shape index (κ2) is 5.98. The number of hydrogen-bond acceptors (Lipinski definition) is 3. The van der Waals surface area contributed by atoms with Crippen LogP contribution in [0.15, 0.2) is 17.9 Å². The van der Waals surface area contributed by atoms with Crippen LogP contribution < -0.4 is 5.32 Å². The van der Waals surface area contributed by atoms with Crippen molar-refractivity contribution in [2.24, 2.45) is 5.92 Å². The van der Waals surface area contributed by atoms with E-state index in [0.29, 0.717) is 23.5 Å². The molecule has 3 rings (SSSR count). The number of hydrogen-bond donors (Lipinski definition) is 2. The van der Waals surface area contributed by atoms with Crippen molar-refractivity contribution in [1.29, 1.82) is 5.26 Å². The van der Waals surface area contributed by atoms with E-state index in [1.54, 1.807) is 6.07 Å². The lowest BCUT2D eigenvalue weighted by Gasteiger charge is -2.36. The van der Waals surface area contributed by atoms with E-state index in [1.807, 2.05) is 19.9 Å². The van der Waals surface area contributed by atoms with Gasteiger partial charge in [-0.15, -0.1) is 0 Å². The van der Waals surface area contributed by atoms with E-state index < -0.39 is 5.54 Å². The van der Waals surface area contributed by atoms with Crippen molar-refractivity contribution >= 4 is 11.5 Å². The van der Waals surface area contributed by atoms with Crippen molar-refractivity contribution in [2.45, 2.75) is 58.4 Å². The normalized spacial score (nSPS) is 26.6. The van der Waals surface area contributed by atoms with E-state index in [-0.39, 0.29) is 11.7 Å². The Bertz CT molecular complexity index is 763. The van der Waals surface area contributed by atoms with Gasteiger partial charge >= 0.3 is 0 Å². The summed E-state index contributed by atoms with van der Waals surface area (Å²) in [6.45, 7) is 6.12. The highest BCUT2D eigenvalue weighted by Crippen LogP contribution is 2.44. The summed E-state index contributed by atoms with van der Waals surface area (Å²) in [6, 6.07) is 5.78. The maximum Gasteiger partial charge on any atom is 0.256 e. The molecule has 1 spiro atoms. The first-order chi connectivity index (χ1) is 11.4. The van der Waals surface area contributed by atoms with Crippen molar-refractivity contribution in [3.05, 3.63) is 40.1 Å². The minimum Gasteiger partial charge on any atom is -0.509 e. The van der Waals surface area contributed by atoms with Crippen LogP contribution in [0.2, 0.25) is 0 Å². The summed E-state index contributed by atoms with van der Waals surface area (Å²) in [7, 11) is 0. The Kier molecular flexibility index (Phi) is 4.13. The van der Waals surface area contributed by atoms with Crippen LogP contribution in [0.5, 0.6) is 0 Å². The van der Waals surface area contributed by atoms with Crippen LogP contribution in [0.1, 0.15) is 61.8 Å². The molecule has 2 N–H and O–H groups in total. The second-order valence-corrected chi connectivity index (χ2v) is 7.23. The van der Waals surface area contributed by atoms with Crippen LogP contribution in [-0.4, -0.2) is 16.6 Å². The molecule has 1 aromatic carbocycles. The number of rotatable bonds is 2. The van der Waals surface area contributed by atoms with Crippen molar-refractivity contribution in [3.63, 3.8) is 0 Å². The van der Waals surface area contributed by atoms with Gasteiger partial charge in [0.2, 0.25) is 0 Å². The molecule has 1 aliphatic heterocycles. The molecule has 4 heteroatoms. The standard InChI is InChI=1S/C20H24N2O2/c1-4-15-10-14(11-21)9-13(3)16(15)17-18(23)20(22-19(17)24)7-5-12(2)6-8-20/h9-10,12,23H,4-8H2,1-3H3,(H,22,24). The molecule has 1 amide bonds. The van der Waals surface area contributed by atoms with Gasteiger partial charge < -0.3 is 10.4 Å². The van der Waals surface area contributed by atoms with Crippen molar-refractivity contribution < 1.29 is 9.90 Å². The number of amides is 1. The van der Waals surface area contributed by atoms with Crippen LogP contribution in [0.4, 0.5) is 0 Å². The monoisotopic (exact) mass is 324 g/mol. The van der Waals surface area contributed by atoms with Gasteiger partial charge in [-0.25, -0.2) is 0 Å². The van der Waals surface area contributed by atoms with E-state index in [4.69, 9.17) is 0 Å². The average molecular weight is 324 g/mol. The maximum atomic E-state index is 12.7. The number of aryl methyl sites for hydroxylation is 2. The largest absolute Gasteiger partial charge is 0.509 e. The quantitative estimate of drug-likeness (QED) is 0.869. The van der Waals surface area contributed by atoms with Crippen molar-refractivity contribution in [2.75, 3.05) is 0 Å². The molecule has 1 aliphatic carbocycles. The molecule has 1 heterocycles. The minimum absolute atomic E-state index is 0.190. The maximum absolute atomic E-state index is 12.7. The first kappa shape index (κ1) is 16.6. The SMILES string of the molecule is CCc1cc(C#N)cc(C)c1C1=C(O)C2(CCC(C)CC2)NC1=O. The van der Waals surface area contributed by atoms with Gasteiger partial charge in [-0.2, -0.15) is 5.26 Å². The molecule has 4 nitrogen and oxygen atoms in total. The first-order valence-corrected chi connectivity index (χ1v) is 8.72. The van der Waals surface area contributed by atoms with Crippen LogP contribution in [0, 0.1) is 24.2 Å². The molecule has 0 bridgehead atoms. The number of benzene rings is 1. The van der Waals surface area contributed by atoms with Crippen LogP contribution in [-0.2, 0) is 11.2 Å². The highest BCUT2D eigenvalue weighted by atomic mass is 16.3. The van der Waals surface area contributed by atoms with E-state index in [2.05, 4.69) is 18.3 Å². The number of carbonyl (C=O) groups excluding carboxylic acids is 1. The van der Waals surface area contributed by atoms with Crippen LogP contribution >= 0.6 is 0 Å². The Morgan fingerprint density at radius 2 is 2.04 bits per heavy atom. The predicted octanol–water partition coefficient (Wildman–Crippen LogP) is 3.78. The summed E-state index contributed by atoms with van der Waals surface area (Å²) in [6.07, 6.45) is 4.28. The first-order valence-electron chi connectivity index (χ1n) is 8.72. The van der Waals surface area contributed by atoms with Gasteiger partial charge in [0, 0.05) is 0 Å². The molecule has 24 heavy (non-hydrogen) atoms. The van der Waals surface area contributed by atoms with Gasteiger partial charge in [0.1, 0.15) is 5.76 Å². The summed E-state index contributed by atoms with van der Waals surface area (Å²) in [5.74, 6) is 0.638. The summed E-state index contributed by atoms with van der Waals surface area (Å²) in [5, 5.41) is 23.2. The van der Waals surface area contributed by atoms with Gasteiger partial charge in [0.15, 0.2) is 0 Å². The highest BCUT2D eigenvalue weighted by Gasteiger charge is 2.47. The molecule has 1 aromatic rings. The molecular formula is C20H24N2O2. The topological polar surface area (TPSA) is 73.1 Å². The number of nitriles is 1. The van der Waals surface area contributed by atoms with Gasteiger partial charge in [-0.1, -0.05) is 13.8 Å². The minimum atomic E-state index is -0.593. The van der Waals surface area contributed by atoms with Crippen molar-refractivity contribution in [1.82, 2.24) is 5.32 Å². The van der Waals surface area contributed by atoms with E-state index >= 15 is 0 Å². The number of aliphatic hydroxyl groups excluding tert-OH is 1. The van der Waals surface area contributed by atoms with Gasteiger partial charge in [-0.3, -0.25) is 4.79 Å². The lowest BCUT2D eigenvalue weighted by molar-refractivity contribution is -0.116. The summed E-state index contributed by atoms with van der Waals surface area (Å²) < 4.78 is 0. The lowest BCUT2D eigenvalue weighted by atomic mass is 9.76. The van der Waals surface area contributed by atoms with Gasteiger partial charge in [0.05, 0.1) is 22.7 Å². The molecule has 0 radical (unpaired) electrons. The molecule has 1 saturated carbocycles. The number of nitrogens with zero attached hydrogens (tertiary/aromatic N) is 1. The summed E-state index contributed by atoms with van der Waals surface area (Å²) >= 11 is 0. The lowest BCUT2D eigenvalue weighted by Crippen LogP contribution is -2.47. The molecule has 0 saturated heterocycles. The van der Waals surface area contributed by atoms with E-state index in [9.17, 15) is 15.2 Å². The number of aliphatic hydroxyl groups is 1. The summed E-state index contributed by atoms with van der Waals surface area (Å²) in [4.78, 5) is 12.7. The fourth-order valence-corrected chi connectivity index (χ4v) is 4.10. The number of carbonyl (C=O) groups is 1. The highest BCUT2D eigenvalue weighted by molar-refractivity contribution is 6.24. The van der Waals surface area contributed by atoms with Crippen LogP contribution in [0.3, 0.4) is 0 Å². The Morgan fingerprint density at radius 3 is 2.62 bits per heavy atom. The fraction of sp³-hybridized carbons (Fsp3) is 0.500. The summed E-state index contributed by atoms with van der Waals surface area (Å²) in [5.41, 5.74) is 3.00. The van der Waals surface area contributed by atoms with Crippen molar-refractivity contribution in [3.8, 4) is 6.07 Å². The molecule has 0 aromatic heterocycles. The van der Waals surface area contributed by atoms with Crippen LogP contribution in [0.25, 0.3) is 5.57 Å². The second-order valence-electron chi connectivity index (χ2n) is 7.23.